The summed E-state index contributed by atoms with van der Waals surface area (Å²) >= 11 is 0. The summed E-state index contributed by atoms with van der Waals surface area (Å²) in [4.78, 5) is 18.4. The Morgan fingerprint density at radius 3 is 1.41 bits per heavy atom. The number of para-hydroxylation sites is 3. The average Bonchev–Trinajstić information content (AvgIpc) is 3.77. The van der Waals surface area contributed by atoms with Crippen LogP contribution in [0, 0.1) is 0 Å². The normalized spacial score (nSPS) is 11.2. The molecule has 5 heteroatoms. The molecule has 0 saturated heterocycles. The van der Waals surface area contributed by atoms with Crippen LogP contribution < -0.4 is 4.90 Å². The molecule has 0 radical (unpaired) electrons. The maximum absolute atomic E-state index is 5.42. The fourth-order valence-corrected chi connectivity index (χ4v) is 9.47. The highest BCUT2D eigenvalue weighted by Gasteiger charge is 2.23. The van der Waals surface area contributed by atoms with Gasteiger partial charge in [0.2, 0.25) is 5.95 Å². The molecule has 0 unspecified atom stereocenters. The van der Waals surface area contributed by atoms with Crippen molar-refractivity contribution >= 4 is 38.9 Å². The third-order valence-corrected chi connectivity index (χ3v) is 12.6. The molecule has 0 aliphatic carbocycles. The fourth-order valence-electron chi connectivity index (χ4n) is 9.47. The molecule has 12 aromatic rings. The zero-order valence-electron chi connectivity index (χ0n) is 37.1. The van der Waals surface area contributed by atoms with Crippen molar-refractivity contribution in [2.45, 2.75) is 0 Å². The summed E-state index contributed by atoms with van der Waals surface area (Å²) in [6.45, 7) is 0. The van der Waals surface area contributed by atoms with E-state index >= 15 is 0 Å². The molecule has 0 fully saturated rings. The molecule has 320 valence electrons. The Labute approximate surface area is 395 Å². The molecule has 0 saturated carbocycles. The molecule has 10 aromatic carbocycles. The lowest BCUT2D eigenvalue weighted by atomic mass is 9.94. The minimum Gasteiger partial charge on any atom is -0.310 e. The van der Waals surface area contributed by atoms with Crippen molar-refractivity contribution in [1.82, 2.24) is 19.5 Å². The van der Waals surface area contributed by atoms with Crippen molar-refractivity contribution in [2.24, 2.45) is 0 Å². The molecule has 12 rings (SSSR count). The van der Waals surface area contributed by atoms with Crippen LogP contribution in [0.1, 0.15) is 0 Å². The number of anilines is 3. The van der Waals surface area contributed by atoms with Crippen molar-refractivity contribution < 1.29 is 0 Å². The van der Waals surface area contributed by atoms with Crippen molar-refractivity contribution in [3.8, 4) is 73.2 Å². The lowest BCUT2D eigenvalue weighted by molar-refractivity contribution is 0.954. The minimum absolute atomic E-state index is 0.543. The van der Waals surface area contributed by atoms with E-state index in [0.29, 0.717) is 17.6 Å². The summed E-state index contributed by atoms with van der Waals surface area (Å²) < 4.78 is 2.22. The third kappa shape index (κ3) is 7.58. The van der Waals surface area contributed by atoms with Crippen LogP contribution in [0.25, 0.3) is 95.0 Å². The van der Waals surface area contributed by atoms with E-state index < -0.39 is 0 Å². The van der Waals surface area contributed by atoms with Gasteiger partial charge in [-0.15, -0.1) is 0 Å². The Morgan fingerprint density at radius 1 is 0.279 bits per heavy atom. The third-order valence-electron chi connectivity index (χ3n) is 12.6. The van der Waals surface area contributed by atoms with E-state index in [0.717, 1.165) is 94.5 Å². The number of fused-ring (bicyclic) bond motifs is 3. The molecule has 0 spiro atoms. The summed E-state index contributed by atoms with van der Waals surface area (Å²) in [5.74, 6) is 1.74. The fraction of sp³-hybridized carbons (Fsp3) is 0. The average molecular weight is 870 g/mol. The van der Waals surface area contributed by atoms with Crippen molar-refractivity contribution in [3.63, 3.8) is 0 Å². The number of benzene rings is 10. The molecular formula is C63H43N5. The van der Waals surface area contributed by atoms with Gasteiger partial charge in [-0.25, -0.2) is 4.98 Å². The highest BCUT2D eigenvalue weighted by molar-refractivity contribution is 6.16. The second-order valence-electron chi connectivity index (χ2n) is 16.8. The molecule has 68 heavy (non-hydrogen) atoms. The number of rotatable bonds is 10. The first kappa shape index (κ1) is 40.3. The molecule has 2 aromatic heterocycles. The van der Waals surface area contributed by atoms with E-state index in [9.17, 15) is 0 Å². The molecule has 2 heterocycles. The van der Waals surface area contributed by atoms with Crippen LogP contribution in [-0.4, -0.2) is 19.5 Å². The van der Waals surface area contributed by atoms with Gasteiger partial charge in [-0.1, -0.05) is 206 Å². The van der Waals surface area contributed by atoms with Gasteiger partial charge in [0.05, 0.1) is 11.0 Å². The van der Waals surface area contributed by atoms with Gasteiger partial charge in [0.25, 0.3) is 0 Å². The lowest BCUT2D eigenvalue weighted by Crippen LogP contribution is -2.10. The van der Waals surface area contributed by atoms with Crippen LogP contribution in [0.15, 0.2) is 261 Å². The Kier molecular flexibility index (Phi) is 10.5. The van der Waals surface area contributed by atoms with Crippen LogP contribution in [0.5, 0.6) is 0 Å². The number of hydrogen-bond donors (Lipinski definition) is 0. The van der Waals surface area contributed by atoms with Gasteiger partial charge in [0.15, 0.2) is 11.6 Å². The zero-order chi connectivity index (χ0) is 45.2. The number of aromatic nitrogens is 4. The summed E-state index contributed by atoms with van der Waals surface area (Å²) in [6.07, 6.45) is 0. The molecule has 0 N–H and O–H groups in total. The maximum atomic E-state index is 5.42. The molecular weight excluding hydrogens is 827 g/mol. The summed E-state index contributed by atoms with van der Waals surface area (Å²) in [5, 5.41) is 2.22. The minimum atomic E-state index is 0.543. The maximum Gasteiger partial charge on any atom is 0.238 e. The smallest absolute Gasteiger partial charge is 0.238 e. The monoisotopic (exact) mass is 869 g/mol. The summed E-state index contributed by atoms with van der Waals surface area (Å²) in [5.41, 5.74) is 15.9. The predicted octanol–water partition coefficient (Wildman–Crippen LogP) is 16.4. The molecule has 0 atom stereocenters. The molecule has 0 aliphatic rings. The van der Waals surface area contributed by atoms with E-state index in [1.165, 1.54) is 0 Å². The van der Waals surface area contributed by atoms with Gasteiger partial charge >= 0.3 is 0 Å². The van der Waals surface area contributed by atoms with Gasteiger partial charge in [0.1, 0.15) is 0 Å². The van der Waals surface area contributed by atoms with Gasteiger partial charge in [0, 0.05) is 39.0 Å². The Balaban J connectivity index is 1.09. The van der Waals surface area contributed by atoms with E-state index in [1.54, 1.807) is 0 Å². The van der Waals surface area contributed by atoms with Crippen LogP contribution in [0.2, 0.25) is 0 Å². The van der Waals surface area contributed by atoms with Crippen molar-refractivity contribution in [3.05, 3.63) is 261 Å². The highest BCUT2D eigenvalue weighted by atomic mass is 15.2. The quantitative estimate of drug-likeness (QED) is 0.137. The van der Waals surface area contributed by atoms with Crippen LogP contribution >= 0.6 is 0 Å². The van der Waals surface area contributed by atoms with E-state index in [-0.39, 0.29) is 0 Å². The van der Waals surface area contributed by atoms with Crippen LogP contribution in [0.3, 0.4) is 0 Å². The Morgan fingerprint density at radius 2 is 0.750 bits per heavy atom. The molecule has 0 bridgehead atoms. The van der Waals surface area contributed by atoms with E-state index in [2.05, 4.69) is 258 Å². The number of hydrogen-bond acceptors (Lipinski definition) is 4. The second kappa shape index (κ2) is 17.7. The van der Waals surface area contributed by atoms with E-state index in [1.807, 2.05) is 12.1 Å². The first-order chi connectivity index (χ1) is 33.7. The van der Waals surface area contributed by atoms with Gasteiger partial charge in [-0.2, -0.15) is 9.97 Å². The van der Waals surface area contributed by atoms with Crippen molar-refractivity contribution in [1.29, 1.82) is 0 Å². The van der Waals surface area contributed by atoms with Crippen LogP contribution in [0.4, 0.5) is 17.1 Å². The highest BCUT2D eigenvalue weighted by Crippen LogP contribution is 2.44. The lowest BCUT2D eigenvalue weighted by Gasteiger charge is -2.27. The largest absolute Gasteiger partial charge is 0.310 e. The van der Waals surface area contributed by atoms with Gasteiger partial charge in [-0.05, 0) is 99.1 Å². The summed E-state index contributed by atoms with van der Waals surface area (Å²) in [7, 11) is 0. The topological polar surface area (TPSA) is 46.8 Å². The first-order valence-electron chi connectivity index (χ1n) is 22.9. The first-order valence-corrected chi connectivity index (χ1v) is 22.9. The Bertz CT molecular complexity index is 3660. The number of nitrogens with zero attached hydrogens (tertiary/aromatic N) is 5. The molecule has 5 nitrogen and oxygen atoms in total. The zero-order valence-corrected chi connectivity index (χ0v) is 37.1. The van der Waals surface area contributed by atoms with Gasteiger partial charge in [-0.3, -0.25) is 4.57 Å². The molecule has 0 aliphatic heterocycles. The Hall–Kier alpha value is -9.19. The standard InChI is InChI=1S/C63H43N5/c1-6-21-44(22-7-1)46-37-39-48(40-38-46)61-64-62(56-32-17-16-31-54(56)47-25-10-3-11-26-47)66-63(65-61)68-58-35-19-18-33-57(58)60-55(34-20-36-59(60)68)50-41-49(45-23-8-2-9-24-45)42-53(43-50)67(51-27-12-4-13-28-51)52-29-14-5-15-30-52/h1-43H. The SMILES string of the molecule is c1ccc(-c2ccc(-c3nc(-c4ccccc4-c4ccccc4)nc(-n4c5ccccc5c5c(-c6cc(-c7ccccc7)cc(N(c7ccccc7)c7ccccc7)c6)cccc54)n3)cc2)cc1. The van der Waals surface area contributed by atoms with Gasteiger partial charge < -0.3 is 4.90 Å². The van der Waals surface area contributed by atoms with Crippen molar-refractivity contribution in [2.75, 3.05) is 4.90 Å². The van der Waals surface area contributed by atoms with Crippen LogP contribution in [-0.2, 0) is 0 Å². The summed E-state index contributed by atoms with van der Waals surface area (Å²) in [6, 6.07) is 91.8. The van der Waals surface area contributed by atoms with E-state index in [4.69, 9.17) is 15.0 Å². The molecule has 0 amide bonds. The predicted molar refractivity (Wildman–Crippen MR) is 281 cm³/mol. The second-order valence-corrected chi connectivity index (χ2v) is 16.8.